The summed E-state index contributed by atoms with van der Waals surface area (Å²) >= 11 is 0. The van der Waals surface area contributed by atoms with Crippen molar-refractivity contribution >= 4 is 17.8 Å². The molecule has 0 aromatic carbocycles. The van der Waals surface area contributed by atoms with Crippen molar-refractivity contribution in [3.05, 3.63) is 59.7 Å². The third-order valence-electron chi connectivity index (χ3n) is 2.48. The van der Waals surface area contributed by atoms with Gasteiger partial charge in [-0.1, -0.05) is 0 Å². The Labute approximate surface area is 118 Å². The first-order valence-corrected chi connectivity index (χ1v) is 5.78. The van der Waals surface area contributed by atoms with Crippen LogP contribution in [-0.4, -0.2) is 32.9 Å². The Hall–Kier alpha value is -3.29. The topological polar surface area (TPSA) is 121 Å². The minimum atomic E-state index is -1.14. The van der Waals surface area contributed by atoms with Gasteiger partial charge in [0, 0.05) is 24.2 Å². The summed E-state index contributed by atoms with van der Waals surface area (Å²) in [5.41, 5.74) is 4.67. The highest BCUT2D eigenvalue weighted by molar-refractivity contribution is 5.98. The molecule has 0 atom stereocenters. The number of hydrogen-bond donors (Lipinski definition) is 3. The first-order chi connectivity index (χ1) is 10.1. The molecule has 2 heterocycles. The number of carbonyl (C=O) groups excluding carboxylic acids is 2. The largest absolute Gasteiger partial charge is 0.478 e. The van der Waals surface area contributed by atoms with Gasteiger partial charge in [-0.25, -0.2) is 4.79 Å². The zero-order valence-corrected chi connectivity index (χ0v) is 10.6. The highest BCUT2D eigenvalue weighted by Crippen LogP contribution is 2.00. The number of aromatic nitrogens is 2. The van der Waals surface area contributed by atoms with Crippen molar-refractivity contribution in [3.63, 3.8) is 0 Å². The van der Waals surface area contributed by atoms with E-state index in [0.717, 1.165) is 6.20 Å². The summed E-state index contributed by atoms with van der Waals surface area (Å²) < 4.78 is 0. The molecule has 0 fully saturated rings. The molecule has 8 nitrogen and oxygen atoms in total. The van der Waals surface area contributed by atoms with Crippen LogP contribution in [0.3, 0.4) is 0 Å². The number of aromatic carboxylic acids is 1. The maximum atomic E-state index is 11.7. The van der Waals surface area contributed by atoms with Crippen molar-refractivity contribution in [2.75, 3.05) is 0 Å². The predicted octanol–water partition coefficient (Wildman–Crippen LogP) is 0.250. The van der Waals surface area contributed by atoms with E-state index in [-0.39, 0.29) is 11.3 Å². The lowest BCUT2D eigenvalue weighted by Gasteiger charge is -2.06. The summed E-state index contributed by atoms with van der Waals surface area (Å²) in [7, 11) is 0. The fourth-order valence-corrected chi connectivity index (χ4v) is 1.41. The van der Waals surface area contributed by atoms with Gasteiger partial charge in [0.2, 0.25) is 0 Å². The molecule has 8 heteroatoms. The van der Waals surface area contributed by atoms with E-state index in [4.69, 9.17) is 5.11 Å². The van der Waals surface area contributed by atoms with Crippen molar-refractivity contribution in [3.8, 4) is 0 Å². The van der Waals surface area contributed by atoms with Gasteiger partial charge in [0.15, 0.2) is 0 Å². The molecule has 2 amide bonds. The molecule has 0 bridgehead atoms. The first-order valence-electron chi connectivity index (χ1n) is 5.78. The Morgan fingerprint density at radius 2 is 1.57 bits per heavy atom. The van der Waals surface area contributed by atoms with Crippen molar-refractivity contribution in [2.24, 2.45) is 0 Å². The minimum Gasteiger partial charge on any atom is -0.478 e. The lowest BCUT2D eigenvalue weighted by Crippen LogP contribution is -2.41. The molecule has 3 N–H and O–H groups in total. The number of carboxylic acids is 1. The molecule has 0 aliphatic rings. The van der Waals surface area contributed by atoms with Gasteiger partial charge < -0.3 is 5.11 Å². The molecule has 0 saturated heterocycles. The van der Waals surface area contributed by atoms with Crippen LogP contribution in [0.2, 0.25) is 0 Å². The van der Waals surface area contributed by atoms with Crippen LogP contribution in [0.1, 0.15) is 31.2 Å². The average Bonchev–Trinajstić information content (AvgIpc) is 2.53. The fraction of sp³-hybridized carbons (Fsp3) is 0. The Bertz CT molecular complexity index is 670. The van der Waals surface area contributed by atoms with Gasteiger partial charge in [0.25, 0.3) is 11.8 Å². The summed E-state index contributed by atoms with van der Waals surface area (Å²) in [6, 6.07) is 5.47. The van der Waals surface area contributed by atoms with E-state index in [1.807, 2.05) is 0 Å². The lowest BCUT2D eigenvalue weighted by molar-refractivity contribution is 0.0695. The molecule has 0 radical (unpaired) electrons. The third kappa shape index (κ3) is 3.60. The molecular formula is C13H10N4O4. The van der Waals surface area contributed by atoms with E-state index in [1.165, 1.54) is 36.7 Å². The Kier molecular flexibility index (Phi) is 4.20. The van der Waals surface area contributed by atoms with Crippen molar-refractivity contribution in [1.82, 2.24) is 20.8 Å². The van der Waals surface area contributed by atoms with Crippen LogP contribution in [0.5, 0.6) is 0 Å². The number of hydrogen-bond acceptors (Lipinski definition) is 5. The Morgan fingerprint density at radius 3 is 2.14 bits per heavy atom. The smallest absolute Gasteiger partial charge is 0.337 e. The van der Waals surface area contributed by atoms with E-state index < -0.39 is 17.8 Å². The summed E-state index contributed by atoms with van der Waals surface area (Å²) in [6.07, 6.45) is 3.95. The maximum absolute atomic E-state index is 11.7. The summed E-state index contributed by atoms with van der Waals surface area (Å²) in [6.45, 7) is 0. The van der Waals surface area contributed by atoms with Gasteiger partial charge in [-0.05, 0) is 24.3 Å². The zero-order valence-electron chi connectivity index (χ0n) is 10.6. The molecule has 2 aromatic heterocycles. The molecule has 2 rings (SSSR count). The highest BCUT2D eigenvalue weighted by atomic mass is 16.4. The van der Waals surface area contributed by atoms with Gasteiger partial charge in [-0.2, -0.15) is 0 Å². The molecule has 21 heavy (non-hydrogen) atoms. The monoisotopic (exact) mass is 286 g/mol. The van der Waals surface area contributed by atoms with Crippen LogP contribution >= 0.6 is 0 Å². The molecule has 0 saturated carbocycles. The number of carbonyl (C=O) groups is 3. The second-order valence-electron chi connectivity index (χ2n) is 3.88. The van der Waals surface area contributed by atoms with Crippen LogP contribution in [0.15, 0.2) is 42.9 Å². The van der Waals surface area contributed by atoms with Crippen molar-refractivity contribution < 1.29 is 19.5 Å². The minimum absolute atomic E-state index is 0.0185. The molecule has 0 aliphatic heterocycles. The number of pyridine rings is 2. The van der Waals surface area contributed by atoms with Crippen LogP contribution in [0.4, 0.5) is 0 Å². The molecular weight excluding hydrogens is 276 g/mol. The van der Waals surface area contributed by atoms with Crippen LogP contribution in [-0.2, 0) is 0 Å². The molecule has 0 unspecified atom stereocenters. The number of nitrogens with one attached hydrogen (secondary N) is 2. The summed E-state index contributed by atoms with van der Waals surface area (Å²) in [4.78, 5) is 41.5. The van der Waals surface area contributed by atoms with Gasteiger partial charge in [0.05, 0.1) is 5.56 Å². The van der Waals surface area contributed by atoms with Crippen LogP contribution < -0.4 is 10.9 Å². The van der Waals surface area contributed by atoms with Crippen LogP contribution in [0, 0.1) is 0 Å². The van der Waals surface area contributed by atoms with Gasteiger partial charge in [-0.15, -0.1) is 0 Å². The van der Waals surface area contributed by atoms with E-state index >= 15 is 0 Å². The van der Waals surface area contributed by atoms with E-state index in [9.17, 15) is 14.4 Å². The normalized spacial score (nSPS) is 9.71. The fourth-order valence-electron chi connectivity index (χ4n) is 1.41. The van der Waals surface area contributed by atoms with E-state index in [1.54, 1.807) is 0 Å². The number of nitrogens with zero attached hydrogens (tertiary/aromatic N) is 2. The molecule has 2 aromatic rings. The van der Waals surface area contributed by atoms with Gasteiger partial charge >= 0.3 is 5.97 Å². The number of amides is 2. The molecule has 0 spiro atoms. The second kappa shape index (κ2) is 6.24. The summed E-state index contributed by atoms with van der Waals surface area (Å²) in [5, 5.41) is 8.71. The summed E-state index contributed by atoms with van der Waals surface area (Å²) in [5.74, 6) is -2.30. The average molecular weight is 286 g/mol. The van der Waals surface area contributed by atoms with Gasteiger partial charge in [-0.3, -0.25) is 30.4 Å². The molecule has 0 aliphatic carbocycles. The standard InChI is InChI=1S/C13H10N4O4/c18-11(8-3-5-14-6-4-8)16-17-12(19)10-2-1-9(7-15-10)13(20)21/h1-7H,(H,16,18)(H,17,19)(H,20,21). The van der Waals surface area contributed by atoms with Crippen molar-refractivity contribution in [1.29, 1.82) is 0 Å². The van der Waals surface area contributed by atoms with Gasteiger partial charge in [0.1, 0.15) is 5.69 Å². The SMILES string of the molecule is O=C(O)c1ccc(C(=O)NNC(=O)c2ccncc2)nc1. The zero-order chi connectivity index (χ0) is 15.2. The lowest BCUT2D eigenvalue weighted by atomic mass is 10.2. The quantitative estimate of drug-likeness (QED) is 0.695. The predicted molar refractivity (Wildman–Crippen MR) is 70.4 cm³/mol. The van der Waals surface area contributed by atoms with Crippen molar-refractivity contribution in [2.45, 2.75) is 0 Å². The maximum Gasteiger partial charge on any atom is 0.337 e. The number of rotatable bonds is 3. The second-order valence-corrected chi connectivity index (χ2v) is 3.88. The Balaban J connectivity index is 1.96. The number of carboxylic acid groups (broad SMARTS) is 1. The molecule has 106 valence electrons. The number of hydrazine groups is 1. The highest BCUT2D eigenvalue weighted by Gasteiger charge is 2.11. The van der Waals surface area contributed by atoms with E-state index in [2.05, 4.69) is 20.8 Å². The Morgan fingerprint density at radius 1 is 0.905 bits per heavy atom. The first kappa shape index (κ1) is 14.1. The van der Waals surface area contributed by atoms with E-state index in [0.29, 0.717) is 5.56 Å². The third-order valence-corrected chi connectivity index (χ3v) is 2.48. The van der Waals surface area contributed by atoms with Crippen LogP contribution in [0.25, 0.3) is 0 Å².